The summed E-state index contributed by atoms with van der Waals surface area (Å²) in [4.78, 5) is 17.4. The average molecular weight is 236 g/mol. The van der Waals surface area contributed by atoms with Crippen LogP contribution in [0.4, 0.5) is 4.39 Å². The van der Waals surface area contributed by atoms with Crippen molar-refractivity contribution in [2.75, 3.05) is 13.1 Å². The molecule has 0 N–H and O–H groups in total. The summed E-state index contributed by atoms with van der Waals surface area (Å²) < 4.78 is 13.4. The molecule has 1 fully saturated rings. The molecule has 1 amide bonds. The highest BCUT2D eigenvalue weighted by Gasteiger charge is 2.25. The van der Waals surface area contributed by atoms with Crippen molar-refractivity contribution in [3.05, 3.63) is 29.8 Å². The van der Waals surface area contributed by atoms with Crippen LogP contribution in [0.3, 0.4) is 0 Å². The number of carbonyl (C=O) groups is 1. The van der Waals surface area contributed by atoms with Gasteiger partial charge < -0.3 is 4.90 Å². The van der Waals surface area contributed by atoms with Gasteiger partial charge in [-0.15, -0.1) is 0 Å². The third kappa shape index (κ3) is 2.62. The Balaban J connectivity index is 2.12. The molecule has 1 saturated heterocycles. The molecular formula is C13H17FN2O. The van der Waals surface area contributed by atoms with Crippen molar-refractivity contribution in [2.45, 2.75) is 26.2 Å². The molecule has 1 aromatic heterocycles. The Kier molecular flexibility index (Phi) is 3.71. The van der Waals surface area contributed by atoms with Crippen LogP contribution in [-0.2, 0) is 0 Å². The fraction of sp³-hybridized carbons (Fsp3) is 0.538. The number of halogens is 1. The van der Waals surface area contributed by atoms with E-state index in [0.717, 1.165) is 32.4 Å². The van der Waals surface area contributed by atoms with Crippen LogP contribution in [-0.4, -0.2) is 28.9 Å². The van der Waals surface area contributed by atoms with Gasteiger partial charge >= 0.3 is 0 Å². The summed E-state index contributed by atoms with van der Waals surface area (Å²) in [5.74, 6) is -0.350. The third-order valence-corrected chi connectivity index (χ3v) is 3.37. The minimum absolute atomic E-state index is 0.0873. The second-order valence-electron chi connectivity index (χ2n) is 4.51. The average Bonchev–Trinajstić information content (AvgIpc) is 2.38. The van der Waals surface area contributed by atoms with Crippen LogP contribution in [0.1, 0.15) is 36.5 Å². The highest BCUT2D eigenvalue weighted by molar-refractivity contribution is 5.94. The third-order valence-electron chi connectivity index (χ3n) is 3.37. The zero-order chi connectivity index (χ0) is 12.3. The molecule has 0 bridgehead atoms. The molecule has 17 heavy (non-hydrogen) atoms. The van der Waals surface area contributed by atoms with Crippen LogP contribution in [0.5, 0.6) is 0 Å². The molecule has 0 saturated carbocycles. The summed E-state index contributed by atoms with van der Waals surface area (Å²) in [6.07, 6.45) is 4.60. The highest BCUT2D eigenvalue weighted by atomic mass is 19.1. The van der Waals surface area contributed by atoms with Gasteiger partial charge in [0.05, 0.1) is 5.56 Å². The lowest BCUT2D eigenvalue weighted by molar-refractivity contribution is 0.0665. The summed E-state index contributed by atoms with van der Waals surface area (Å²) in [5.41, 5.74) is 0.0873. The van der Waals surface area contributed by atoms with Crippen LogP contribution in [0, 0.1) is 11.9 Å². The number of nitrogens with zero attached hydrogens (tertiary/aromatic N) is 2. The first-order valence-electron chi connectivity index (χ1n) is 6.12. The van der Waals surface area contributed by atoms with Crippen LogP contribution in [0.25, 0.3) is 0 Å². The molecule has 1 aliphatic heterocycles. The number of hydrogen-bond acceptors (Lipinski definition) is 2. The molecule has 0 aliphatic carbocycles. The predicted molar refractivity (Wildman–Crippen MR) is 63.1 cm³/mol. The number of hydrogen-bond donors (Lipinski definition) is 0. The smallest absolute Gasteiger partial charge is 0.258 e. The van der Waals surface area contributed by atoms with E-state index in [1.807, 2.05) is 0 Å². The van der Waals surface area contributed by atoms with E-state index in [9.17, 15) is 9.18 Å². The van der Waals surface area contributed by atoms with Crippen molar-refractivity contribution in [1.82, 2.24) is 9.88 Å². The molecule has 2 heterocycles. The van der Waals surface area contributed by atoms with Gasteiger partial charge in [0.25, 0.3) is 5.91 Å². The number of piperidine rings is 1. The first-order chi connectivity index (χ1) is 8.22. The van der Waals surface area contributed by atoms with Gasteiger partial charge in [-0.05, 0) is 30.9 Å². The van der Waals surface area contributed by atoms with Crippen molar-refractivity contribution < 1.29 is 9.18 Å². The Morgan fingerprint density at radius 1 is 1.65 bits per heavy atom. The summed E-state index contributed by atoms with van der Waals surface area (Å²) in [5, 5.41) is 0. The molecule has 1 aliphatic rings. The van der Waals surface area contributed by atoms with Gasteiger partial charge in [-0.2, -0.15) is 4.39 Å². The van der Waals surface area contributed by atoms with Crippen molar-refractivity contribution in [1.29, 1.82) is 0 Å². The van der Waals surface area contributed by atoms with Gasteiger partial charge in [0.15, 0.2) is 0 Å². The number of likely N-dealkylation sites (tertiary alicyclic amines) is 1. The van der Waals surface area contributed by atoms with E-state index < -0.39 is 5.95 Å². The molecule has 1 atom stereocenters. The van der Waals surface area contributed by atoms with E-state index in [1.54, 1.807) is 11.0 Å². The summed E-state index contributed by atoms with van der Waals surface area (Å²) in [7, 11) is 0. The summed E-state index contributed by atoms with van der Waals surface area (Å²) in [6.45, 7) is 3.59. The second kappa shape index (κ2) is 5.25. The van der Waals surface area contributed by atoms with Gasteiger partial charge in [0, 0.05) is 19.3 Å². The highest BCUT2D eigenvalue weighted by Crippen LogP contribution is 2.21. The number of rotatable bonds is 2. The number of amides is 1. The molecule has 1 aromatic rings. The summed E-state index contributed by atoms with van der Waals surface area (Å²) >= 11 is 0. The molecule has 0 aromatic carbocycles. The van der Waals surface area contributed by atoms with E-state index >= 15 is 0 Å². The molecule has 4 heteroatoms. The molecule has 92 valence electrons. The maximum Gasteiger partial charge on any atom is 0.258 e. The molecular weight excluding hydrogens is 219 g/mol. The maximum absolute atomic E-state index is 13.4. The van der Waals surface area contributed by atoms with Crippen molar-refractivity contribution in [3.8, 4) is 0 Å². The van der Waals surface area contributed by atoms with Crippen molar-refractivity contribution in [3.63, 3.8) is 0 Å². The topological polar surface area (TPSA) is 33.2 Å². The van der Waals surface area contributed by atoms with Crippen molar-refractivity contribution >= 4 is 5.91 Å². The largest absolute Gasteiger partial charge is 0.338 e. The fourth-order valence-electron chi connectivity index (χ4n) is 2.30. The molecule has 2 rings (SSSR count). The minimum Gasteiger partial charge on any atom is -0.338 e. The van der Waals surface area contributed by atoms with Gasteiger partial charge in [0.2, 0.25) is 5.95 Å². The zero-order valence-electron chi connectivity index (χ0n) is 10.0. The first-order valence-corrected chi connectivity index (χ1v) is 6.12. The monoisotopic (exact) mass is 236 g/mol. The van der Waals surface area contributed by atoms with Crippen LogP contribution < -0.4 is 0 Å². The Hall–Kier alpha value is -1.45. The van der Waals surface area contributed by atoms with Gasteiger partial charge in [-0.25, -0.2) is 4.98 Å². The van der Waals surface area contributed by atoms with E-state index in [1.165, 1.54) is 12.3 Å². The Bertz CT molecular complexity index is 408. The Labute approximate surface area is 101 Å². The first kappa shape index (κ1) is 12.0. The summed E-state index contributed by atoms with van der Waals surface area (Å²) in [6, 6.07) is 3.10. The minimum atomic E-state index is -0.670. The Morgan fingerprint density at radius 3 is 3.18 bits per heavy atom. The standard InChI is InChI=1S/C13H17FN2O/c1-2-10-5-4-8-16(9-10)13(17)11-6-3-7-15-12(11)14/h3,6-7,10H,2,4-5,8-9H2,1H3/t10-/m0/s1. The van der Waals surface area contributed by atoms with E-state index in [4.69, 9.17) is 0 Å². The lowest BCUT2D eigenvalue weighted by atomic mass is 9.95. The number of pyridine rings is 1. The predicted octanol–water partition coefficient (Wildman–Crippen LogP) is 2.48. The van der Waals surface area contributed by atoms with Crippen LogP contribution in [0.2, 0.25) is 0 Å². The lowest BCUT2D eigenvalue weighted by Crippen LogP contribution is -2.40. The van der Waals surface area contributed by atoms with Gasteiger partial charge in [-0.1, -0.05) is 13.3 Å². The maximum atomic E-state index is 13.4. The number of carbonyl (C=O) groups excluding carboxylic acids is 1. The van der Waals surface area contributed by atoms with E-state index in [2.05, 4.69) is 11.9 Å². The molecule has 0 radical (unpaired) electrons. The second-order valence-corrected chi connectivity index (χ2v) is 4.51. The number of aromatic nitrogens is 1. The lowest BCUT2D eigenvalue weighted by Gasteiger charge is -2.32. The quantitative estimate of drug-likeness (QED) is 0.739. The van der Waals surface area contributed by atoms with Crippen LogP contribution >= 0.6 is 0 Å². The van der Waals surface area contributed by atoms with E-state index in [-0.39, 0.29) is 11.5 Å². The Morgan fingerprint density at radius 2 is 2.47 bits per heavy atom. The van der Waals surface area contributed by atoms with Crippen molar-refractivity contribution in [2.24, 2.45) is 5.92 Å². The van der Waals surface area contributed by atoms with Crippen LogP contribution in [0.15, 0.2) is 18.3 Å². The molecule has 0 unspecified atom stereocenters. The van der Waals surface area contributed by atoms with Gasteiger partial charge in [0.1, 0.15) is 0 Å². The molecule has 3 nitrogen and oxygen atoms in total. The normalized spacial score (nSPS) is 20.4. The molecule has 0 spiro atoms. The van der Waals surface area contributed by atoms with Gasteiger partial charge in [-0.3, -0.25) is 4.79 Å². The fourth-order valence-corrected chi connectivity index (χ4v) is 2.30. The van der Waals surface area contributed by atoms with E-state index in [0.29, 0.717) is 5.92 Å². The zero-order valence-corrected chi connectivity index (χ0v) is 10.0. The SMILES string of the molecule is CC[C@H]1CCCN(C(=O)c2cccnc2F)C1.